The van der Waals surface area contributed by atoms with Gasteiger partial charge >= 0.3 is 0 Å². The molecule has 4 nitrogen and oxygen atoms in total. The quantitative estimate of drug-likeness (QED) is 0.601. The van der Waals surface area contributed by atoms with Crippen LogP contribution in [-0.4, -0.2) is 17.8 Å². The van der Waals surface area contributed by atoms with Gasteiger partial charge in [0, 0.05) is 11.1 Å². The molecular formula is C26H25NO3. The second-order valence-electron chi connectivity index (χ2n) is 7.63. The molecule has 0 bridgehead atoms. The zero-order valence-electron chi connectivity index (χ0n) is 17.0. The first-order valence-electron chi connectivity index (χ1n) is 10.4. The molecule has 30 heavy (non-hydrogen) atoms. The number of benzene rings is 3. The first-order valence-corrected chi connectivity index (χ1v) is 10.4. The molecule has 3 aromatic rings. The average molecular weight is 399 g/mol. The van der Waals surface area contributed by atoms with Crippen molar-refractivity contribution in [3.63, 3.8) is 0 Å². The zero-order valence-corrected chi connectivity index (χ0v) is 17.0. The van der Waals surface area contributed by atoms with Gasteiger partial charge in [0.25, 0.3) is 5.91 Å². The third kappa shape index (κ3) is 4.43. The average Bonchev–Trinajstić information content (AvgIpc) is 2.80. The molecule has 0 saturated carbocycles. The van der Waals surface area contributed by atoms with E-state index in [0.29, 0.717) is 16.9 Å². The second-order valence-corrected chi connectivity index (χ2v) is 7.63. The monoisotopic (exact) mass is 399 g/mol. The smallest absolute Gasteiger partial charge is 0.261 e. The lowest BCUT2D eigenvalue weighted by molar-refractivity contribution is -0.128. The Morgan fingerprint density at radius 1 is 0.900 bits per heavy atom. The number of rotatable bonds is 6. The molecule has 4 rings (SSSR count). The highest BCUT2D eigenvalue weighted by Crippen LogP contribution is 2.29. The molecule has 0 heterocycles. The van der Waals surface area contributed by atoms with E-state index in [1.165, 1.54) is 11.1 Å². The van der Waals surface area contributed by atoms with Gasteiger partial charge in [0.2, 0.25) is 0 Å². The van der Waals surface area contributed by atoms with Crippen molar-refractivity contribution in [2.45, 2.75) is 38.3 Å². The summed E-state index contributed by atoms with van der Waals surface area (Å²) in [5, 5.41) is 3.13. The molecule has 0 aromatic heterocycles. The number of amides is 1. The van der Waals surface area contributed by atoms with Crippen LogP contribution in [0.5, 0.6) is 5.75 Å². The summed E-state index contributed by atoms with van der Waals surface area (Å²) in [6.07, 6.45) is 2.43. The van der Waals surface area contributed by atoms with Gasteiger partial charge in [-0.3, -0.25) is 9.59 Å². The van der Waals surface area contributed by atoms with Gasteiger partial charge in [-0.15, -0.1) is 0 Å². The van der Waals surface area contributed by atoms with E-state index in [9.17, 15) is 9.59 Å². The molecule has 1 N–H and O–H groups in total. The lowest BCUT2D eigenvalue weighted by Crippen LogP contribution is -2.39. The van der Waals surface area contributed by atoms with Crippen LogP contribution in [0.1, 0.15) is 52.9 Å². The lowest BCUT2D eigenvalue weighted by Gasteiger charge is -2.27. The van der Waals surface area contributed by atoms with Crippen molar-refractivity contribution in [3.8, 4) is 5.75 Å². The number of carbonyl (C=O) groups is 2. The highest BCUT2D eigenvalue weighted by molar-refractivity contribution is 6.09. The molecule has 0 spiro atoms. The van der Waals surface area contributed by atoms with Crippen LogP contribution in [0.15, 0.2) is 78.9 Å². The molecule has 3 aromatic carbocycles. The van der Waals surface area contributed by atoms with Gasteiger partial charge in [-0.2, -0.15) is 0 Å². The molecule has 1 amide bonds. The predicted molar refractivity (Wildman–Crippen MR) is 117 cm³/mol. The minimum absolute atomic E-state index is 0.0272. The van der Waals surface area contributed by atoms with Gasteiger partial charge in [-0.1, -0.05) is 54.6 Å². The normalized spacial score (nSPS) is 16.2. The maximum Gasteiger partial charge on any atom is 0.261 e. The Labute approximate surface area is 176 Å². The van der Waals surface area contributed by atoms with Crippen LogP contribution in [0.4, 0.5) is 0 Å². The SMILES string of the molecule is C[C@@H](Oc1ccc(C(=O)c2ccccc2)cc1)C(=O)N[C@@H]1CCCc2ccccc21. The summed E-state index contributed by atoms with van der Waals surface area (Å²) in [7, 11) is 0. The molecule has 1 aliphatic rings. The number of fused-ring (bicyclic) bond motifs is 1. The van der Waals surface area contributed by atoms with Crippen molar-refractivity contribution in [1.82, 2.24) is 5.32 Å². The Kier molecular flexibility index (Phi) is 5.94. The van der Waals surface area contributed by atoms with Crippen molar-refractivity contribution in [1.29, 1.82) is 0 Å². The minimum atomic E-state index is -0.630. The van der Waals surface area contributed by atoms with Crippen molar-refractivity contribution in [2.24, 2.45) is 0 Å². The van der Waals surface area contributed by atoms with Crippen LogP contribution in [-0.2, 0) is 11.2 Å². The van der Waals surface area contributed by atoms with Crippen LogP contribution >= 0.6 is 0 Å². The fraction of sp³-hybridized carbons (Fsp3) is 0.231. The Balaban J connectivity index is 1.37. The summed E-state index contributed by atoms with van der Waals surface area (Å²) in [5.74, 6) is 0.386. The van der Waals surface area contributed by atoms with Gasteiger partial charge in [0.05, 0.1) is 6.04 Å². The van der Waals surface area contributed by atoms with E-state index in [4.69, 9.17) is 4.74 Å². The zero-order chi connectivity index (χ0) is 20.9. The van der Waals surface area contributed by atoms with E-state index in [2.05, 4.69) is 17.4 Å². The largest absolute Gasteiger partial charge is 0.481 e. The van der Waals surface area contributed by atoms with Crippen LogP contribution in [0, 0.1) is 0 Å². The number of ketones is 1. The van der Waals surface area contributed by atoms with Gasteiger partial charge in [-0.05, 0) is 61.6 Å². The number of nitrogens with one attached hydrogen (secondary N) is 1. The van der Waals surface area contributed by atoms with Gasteiger partial charge in [0.15, 0.2) is 11.9 Å². The number of aryl methyl sites for hydroxylation is 1. The van der Waals surface area contributed by atoms with E-state index in [1.807, 2.05) is 30.3 Å². The van der Waals surface area contributed by atoms with E-state index in [0.717, 1.165) is 19.3 Å². The van der Waals surface area contributed by atoms with E-state index >= 15 is 0 Å². The van der Waals surface area contributed by atoms with Crippen LogP contribution in [0.25, 0.3) is 0 Å². The van der Waals surface area contributed by atoms with Crippen LogP contribution in [0.2, 0.25) is 0 Å². The van der Waals surface area contributed by atoms with Crippen LogP contribution < -0.4 is 10.1 Å². The van der Waals surface area contributed by atoms with Crippen molar-refractivity contribution in [2.75, 3.05) is 0 Å². The number of carbonyl (C=O) groups excluding carboxylic acids is 2. The Morgan fingerprint density at radius 2 is 1.57 bits per heavy atom. The maximum atomic E-state index is 12.7. The molecule has 0 saturated heterocycles. The van der Waals surface area contributed by atoms with Crippen molar-refractivity contribution < 1.29 is 14.3 Å². The van der Waals surface area contributed by atoms with Crippen molar-refractivity contribution in [3.05, 3.63) is 101 Å². The molecule has 0 unspecified atom stereocenters. The second kappa shape index (κ2) is 8.95. The lowest BCUT2D eigenvalue weighted by atomic mass is 9.87. The van der Waals surface area contributed by atoms with Crippen molar-refractivity contribution >= 4 is 11.7 Å². The molecule has 0 aliphatic heterocycles. The summed E-state index contributed by atoms with van der Waals surface area (Å²) < 4.78 is 5.82. The topological polar surface area (TPSA) is 55.4 Å². The number of hydrogen-bond donors (Lipinski definition) is 1. The highest BCUT2D eigenvalue weighted by Gasteiger charge is 2.24. The van der Waals surface area contributed by atoms with Gasteiger partial charge in [-0.25, -0.2) is 0 Å². The molecule has 0 fully saturated rings. The van der Waals surface area contributed by atoms with E-state index in [-0.39, 0.29) is 17.7 Å². The Hall–Kier alpha value is -3.40. The molecule has 4 heteroatoms. The standard InChI is InChI=1S/C26H25NO3/c1-18(26(29)27-24-13-7-11-19-8-5-6-12-23(19)24)30-22-16-14-21(15-17-22)25(28)20-9-3-2-4-10-20/h2-6,8-10,12,14-18,24H,7,11,13H2,1H3,(H,27,29)/t18-,24-/m1/s1. The highest BCUT2D eigenvalue weighted by atomic mass is 16.5. The predicted octanol–water partition coefficient (Wildman–Crippen LogP) is 4.88. The molecule has 1 aliphatic carbocycles. The third-order valence-electron chi connectivity index (χ3n) is 5.52. The minimum Gasteiger partial charge on any atom is -0.481 e. The summed E-state index contributed by atoms with van der Waals surface area (Å²) in [6.45, 7) is 1.74. The first kappa shape index (κ1) is 19.9. The fourth-order valence-electron chi connectivity index (χ4n) is 3.89. The maximum absolute atomic E-state index is 12.7. The molecule has 0 radical (unpaired) electrons. The molecule has 152 valence electrons. The van der Waals surface area contributed by atoms with Gasteiger partial charge < -0.3 is 10.1 Å². The number of ether oxygens (including phenoxy) is 1. The Bertz CT molecular complexity index is 1030. The van der Waals surface area contributed by atoms with Crippen LogP contribution in [0.3, 0.4) is 0 Å². The molecule has 2 atom stereocenters. The summed E-state index contributed by atoms with van der Waals surface area (Å²) in [4.78, 5) is 25.2. The third-order valence-corrected chi connectivity index (χ3v) is 5.52. The number of hydrogen-bond acceptors (Lipinski definition) is 3. The summed E-state index contributed by atoms with van der Waals surface area (Å²) >= 11 is 0. The van der Waals surface area contributed by atoms with E-state index in [1.54, 1.807) is 43.3 Å². The summed E-state index contributed by atoms with van der Waals surface area (Å²) in [5.41, 5.74) is 3.74. The van der Waals surface area contributed by atoms with E-state index < -0.39 is 6.10 Å². The molecular weight excluding hydrogens is 374 g/mol. The Morgan fingerprint density at radius 3 is 2.33 bits per heavy atom. The fourth-order valence-corrected chi connectivity index (χ4v) is 3.89. The first-order chi connectivity index (χ1) is 14.6. The summed E-state index contributed by atoms with van der Waals surface area (Å²) in [6, 6.07) is 24.4. The van der Waals surface area contributed by atoms with Gasteiger partial charge in [0.1, 0.15) is 5.75 Å².